The number of aliphatic carboxylic acids is 2. The van der Waals surface area contributed by atoms with Crippen molar-refractivity contribution in [3.8, 4) is 0 Å². The first-order valence-corrected chi connectivity index (χ1v) is 9.94. The molecule has 0 saturated carbocycles. The molecule has 0 spiro atoms. The maximum atomic E-state index is 12.5. The number of aliphatic hydroxyl groups is 1. The van der Waals surface area contributed by atoms with Crippen molar-refractivity contribution < 1.29 is 39.3 Å². The number of amides is 3. The van der Waals surface area contributed by atoms with Crippen LogP contribution in [0.5, 0.6) is 0 Å². The van der Waals surface area contributed by atoms with Gasteiger partial charge in [-0.25, -0.2) is 4.79 Å². The fourth-order valence-electron chi connectivity index (χ4n) is 2.24. The van der Waals surface area contributed by atoms with E-state index in [0.29, 0.717) is 6.42 Å². The number of hydrogen-bond acceptors (Lipinski definition) is 9. The highest BCUT2D eigenvalue weighted by atomic mass is 32.1. The molecule has 3 amide bonds. The van der Waals surface area contributed by atoms with Crippen LogP contribution in [0.15, 0.2) is 4.99 Å². The predicted molar refractivity (Wildman–Crippen MR) is 115 cm³/mol. The molecule has 0 aromatic carbocycles. The molecule has 0 aromatic heterocycles. The standard InChI is InChI=1S/C16H29N7O8S/c17-7(2-1-3-20-16(18)19)12(27)23-10(6-32)14(29)21-8(4-11(25)26)13(28)22-9(5-24)15(30)31/h7-10,24,32H,1-6,17H2,(H,21,29)(H,22,28)(H,23,27)(H,25,26)(H,30,31)(H4,18,19,20). The number of carbonyl (C=O) groups excluding carboxylic acids is 3. The smallest absolute Gasteiger partial charge is 0.328 e. The van der Waals surface area contributed by atoms with Gasteiger partial charge in [0, 0.05) is 12.3 Å². The maximum absolute atomic E-state index is 12.5. The second-order valence-corrected chi connectivity index (χ2v) is 6.91. The minimum atomic E-state index is -1.70. The van der Waals surface area contributed by atoms with E-state index in [1.165, 1.54) is 0 Å². The molecule has 0 saturated heterocycles. The van der Waals surface area contributed by atoms with Gasteiger partial charge in [0.2, 0.25) is 17.7 Å². The zero-order chi connectivity index (χ0) is 24.8. The highest BCUT2D eigenvalue weighted by Crippen LogP contribution is 2.00. The number of thiol groups is 1. The van der Waals surface area contributed by atoms with E-state index < -0.39 is 66.9 Å². The van der Waals surface area contributed by atoms with Crippen LogP contribution in [0, 0.1) is 0 Å². The largest absolute Gasteiger partial charge is 0.481 e. The minimum absolute atomic E-state index is 0.108. The number of hydrogen-bond donors (Lipinski definition) is 10. The molecule has 0 rings (SSSR count). The average molecular weight is 480 g/mol. The van der Waals surface area contributed by atoms with Crippen LogP contribution in [-0.4, -0.2) is 94.0 Å². The zero-order valence-electron chi connectivity index (χ0n) is 17.1. The van der Waals surface area contributed by atoms with Crippen molar-refractivity contribution in [1.82, 2.24) is 16.0 Å². The normalized spacial score (nSPS) is 14.2. The van der Waals surface area contributed by atoms with Gasteiger partial charge in [0.05, 0.1) is 19.1 Å². The number of carbonyl (C=O) groups is 5. The summed E-state index contributed by atoms with van der Waals surface area (Å²) in [4.78, 5) is 62.6. The Morgan fingerprint density at radius 1 is 0.906 bits per heavy atom. The third-order valence-electron chi connectivity index (χ3n) is 3.93. The first-order valence-electron chi connectivity index (χ1n) is 9.31. The Bertz CT molecular complexity index is 717. The molecule has 0 aliphatic carbocycles. The van der Waals surface area contributed by atoms with Crippen molar-refractivity contribution in [2.24, 2.45) is 22.2 Å². The first kappa shape index (κ1) is 28.9. The number of aliphatic imine (C=N–C) groups is 1. The van der Waals surface area contributed by atoms with Crippen LogP contribution in [0.3, 0.4) is 0 Å². The lowest BCUT2D eigenvalue weighted by Crippen LogP contribution is -2.58. The Morgan fingerprint density at radius 2 is 1.44 bits per heavy atom. The molecule has 0 aromatic rings. The van der Waals surface area contributed by atoms with E-state index in [0.717, 1.165) is 0 Å². The van der Waals surface area contributed by atoms with Gasteiger partial charge in [-0.2, -0.15) is 12.6 Å². The van der Waals surface area contributed by atoms with Gasteiger partial charge < -0.3 is 48.5 Å². The van der Waals surface area contributed by atoms with Gasteiger partial charge in [-0.3, -0.25) is 24.2 Å². The lowest BCUT2D eigenvalue weighted by Gasteiger charge is -2.23. The molecule has 0 bridgehead atoms. The highest BCUT2D eigenvalue weighted by Gasteiger charge is 2.31. The summed E-state index contributed by atoms with van der Waals surface area (Å²) < 4.78 is 0. The van der Waals surface area contributed by atoms with Gasteiger partial charge in [0.15, 0.2) is 5.96 Å². The Kier molecular flexibility index (Phi) is 13.4. The summed E-state index contributed by atoms with van der Waals surface area (Å²) in [7, 11) is 0. The van der Waals surface area contributed by atoms with Crippen LogP contribution in [0.1, 0.15) is 19.3 Å². The minimum Gasteiger partial charge on any atom is -0.481 e. The number of guanidine groups is 1. The molecule has 16 heteroatoms. The van der Waals surface area contributed by atoms with Gasteiger partial charge in [-0.15, -0.1) is 0 Å². The Morgan fingerprint density at radius 3 is 1.91 bits per heavy atom. The molecule has 15 nitrogen and oxygen atoms in total. The van der Waals surface area contributed by atoms with Crippen LogP contribution in [0.2, 0.25) is 0 Å². The first-order chi connectivity index (χ1) is 14.9. The van der Waals surface area contributed by atoms with Gasteiger partial charge >= 0.3 is 11.9 Å². The second-order valence-electron chi connectivity index (χ2n) is 6.54. The molecular weight excluding hydrogens is 450 g/mol. The number of nitrogens with one attached hydrogen (secondary N) is 3. The third-order valence-corrected chi connectivity index (χ3v) is 4.29. The lowest BCUT2D eigenvalue weighted by molar-refractivity contribution is -0.144. The molecular formula is C16H29N7O8S. The maximum Gasteiger partial charge on any atom is 0.328 e. The molecule has 0 aliphatic heterocycles. The Balaban J connectivity index is 5.05. The van der Waals surface area contributed by atoms with E-state index in [1.54, 1.807) is 0 Å². The molecule has 0 fully saturated rings. The summed E-state index contributed by atoms with van der Waals surface area (Å²) >= 11 is 3.96. The summed E-state index contributed by atoms with van der Waals surface area (Å²) in [5.74, 6) is -6.14. The number of carboxylic acid groups (broad SMARTS) is 2. The monoisotopic (exact) mass is 479 g/mol. The van der Waals surface area contributed by atoms with Crippen molar-refractivity contribution in [3.63, 3.8) is 0 Å². The zero-order valence-corrected chi connectivity index (χ0v) is 18.0. The second kappa shape index (κ2) is 14.8. The quantitative estimate of drug-likeness (QED) is 0.0461. The summed E-state index contributed by atoms with van der Waals surface area (Å²) in [5, 5.41) is 33.2. The van der Waals surface area contributed by atoms with E-state index in [4.69, 9.17) is 32.5 Å². The van der Waals surface area contributed by atoms with Crippen LogP contribution >= 0.6 is 12.6 Å². The van der Waals surface area contributed by atoms with E-state index in [2.05, 4.69) is 28.3 Å². The number of nitrogens with zero attached hydrogens (tertiary/aromatic N) is 1. The highest BCUT2D eigenvalue weighted by molar-refractivity contribution is 7.80. The molecule has 0 aliphatic rings. The van der Waals surface area contributed by atoms with Gasteiger partial charge in [-0.1, -0.05) is 0 Å². The van der Waals surface area contributed by atoms with Crippen LogP contribution in [-0.2, 0) is 24.0 Å². The van der Waals surface area contributed by atoms with Crippen molar-refractivity contribution in [3.05, 3.63) is 0 Å². The van der Waals surface area contributed by atoms with Gasteiger partial charge in [0.1, 0.15) is 18.1 Å². The number of nitrogens with two attached hydrogens (primary N) is 3. The number of rotatable bonds is 15. The van der Waals surface area contributed by atoms with Crippen molar-refractivity contribution >= 4 is 48.2 Å². The molecule has 182 valence electrons. The third kappa shape index (κ3) is 11.3. The van der Waals surface area contributed by atoms with E-state index in [-0.39, 0.29) is 24.7 Å². The van der Waals surface area contributed by atoms with Gasteiger partial charge in [0.25, 0.3) is 0 Å². The molecule has 0 heterocycles. The van der Waals surface area contributed by atoms with Crippen LogP contribution in [0.4, 0.5) is 0 Å². The van der Waals surface area contributed by atoms with Gasteiger partial charge in [-0.05, 0) is 12.8 Å². The summed E-state index contributed by atoms with van der Waals surface area (Å²) in [6, 6.07) is -5.65. The Labute approximate surface area is 188 Å². The van der Waals surface area contributed by atoms with Crippen molar-refractivity contribution in [1.29, 1.82) is 0 Å². The SMILES string of the molecule is NC(N)=NCCCC(N)C(=O)NC(CS)C(=O)NC(CC(=O)O)C(=O)NC(CO)C(=O)O. The fourth-order valence-corrected chi connectivity index (χ4v) is 2.49. The molecule has 32 heavy (non-hydrogen) atoms. The average Bonchev–Trinajstić information content (AvgIpc) is 2.71. The van der Waals surface area contributed by atoms with E-state index in [9.17, 15) is 24.0 Å². The molecule has 4 unspecified atom stereocenters. The molecule has 12 N–H and O–H groups in total. The molecule has 0 radical (unpaired) electrons. The molecule has 4 atom stereocenters. The summed E-state index contributed by atoms with van der Waals surface area (Å²) in [5.41, 5.74) is 16.1. The number of carboxylic acids is 2. The Hall–Kier alpha value is -3.11. The summed E-state index contributed by atoms with van der Waals surface area (Å²) in [6.07, 6.45) is -0.293. The van der Waals surface area contributed by atoms with E-state index >= 15 is 0 Å². The summed E-state index contributed by atoms with van der Waals surface area (Å²) in [6.45, 7) is -0.706. The van der Waals surface area contributed by atoms with Crippen LogP contribution < -0.4 is 33.2 Å². The fraction of sp³-hybridized carbons (Fsp3) is 0.625. The van der Waals surface area contributed by atoms with E-state index in [1.807, 2.05) is 5.32 Å². The van der Waals surface area contributed by atoms with Crippen molar-refractivity contribution in [2.45, 2.75) is 43.4 Å². The predicted octanol–water partition coefficient (Wildman–Crippen LogP) is -4.70. The van der Waals surface area contributed by atoms with Crippen LogP contribution in [0.25, 0.3) is 0 Å². The lowest BCUT2D eigenvalue weighted by atomic mass is 10.1. The van der Waals surface area contributed by atoms with Crippen molar-refractivity contribution in [2.75, 3.05) is 18.9 Å². The number of aliphatic hydroxyl groups excluding tert-OH is 1. The topological polar surface area (TPSA) is 273 Å².